The fourth-order valence-electron chi connectivity index (χ4n) is 4.02. The Morgan fingerprint density at radius 2 is 1.96 bits per heavy atom. The summed E-state index contributed by atoms with van der Waals surface area (Å²) in [5, 5.41) is 1.45. The number of carbonyl (C=O) groups is 1. The van der Waals surface area contributed by atoms with Gasteiger partial charge in [-0.15, -0.1) is 0 Å². The molecule has 140 valence electrons. The van der Waals surface area contributed by atoms with E-state index in [1.165, 1.54) is 24.8 Å². The zero-order valence-electron chi connectivity index (χ0n) is 15.4. The molecule has 0 N–H and O–H groups in total. The Balaban J connectivity index is 2.10. The fourth-order valence-corrected chi connectivity index (χ4v) is 4.21. The summed E-state index contributed by atoms with van der Waals surface area (Å²) in [5.41, 5.74) is 4.79. The highest BCUT2D eigenvalue weighted by Crippen LogP contribution is 2.37. The van der Waals surface area contributed by atoms with Gasteiger partial charge in [0.25, 0.3) is 0 Å². The molecule has 0 amide bonds. The smallest absolute Gasteiger partial charge is 0.340 e. The Labute approximate surface area is 162 Å². The first-order valence-electron chi connectivity index (χ1n) is 9.09. The van der Waals surface area contributed by atoms with Crippen molar-refractivity contribution in [1.82, 2.24) is 9.55 Å². The highest BCUT2D eigenvalue weighted by atomic mass is 35.5. The molecule has 2 aromatic heterocycles. The summed E-state index contributed by atoms with van der Waals surface area (Å²) < 4.78 is 12.5. The standard InChI is InChI=1S/C21H21ClN2O3/c1-26-19-12-13(11-18(22)23-19)24-17-10-5-3-4-7-14(17)15-8-6-9-16(20(15)24)21(25)27-2/h6,8-9,11-12H,3-5,7,10H2,1-2H3. The topological polar surface area (TPSA) is 53.4 Å². The lowest BCUT2D eigenvalue weighted by atomic mass is 10.0. The molecule has 27 heavy (non-hydrogen) atoms. The number of para-hydroxylation sites is 1. The third-order valence-electron chi connectivity index (χ3n) is 5.17. The zero-order chi connectivity index (χ0) is 19.0. The minimum atomic E-state index is -0.346. The van der Waals surface area contributed by atoms with Crippen LogP contribution in [0.15, 0.2) is 30.3 Å². The van der Waals surface area contributed by atoms with Gasteiger partial charge in [-0.3, -0.25) is 0 Å². The average Bonchev–Trinajstić information content (AvgIpc) is 2.82. The van der Waals surface area contributed by atoms with Gasteiger partial charge in [-0.25, -0.2) is 9.78 Å². The van der Waals surface area contributed by atoms with E-state index >= 15 is 0 Å². The zero-order valence-corrected chi connectivity index (χ0v) is 16.2. The molecule has 0 radical (unpaired) electrons. The predicted molar refractivity (Wildman–Crippen MR) is 105 cm³/mol. The number of hydrogen-bond donors (Lipinski definition) is 0. The van der Waals surface area contributed by atoms with Gasteiger partial charge in [0.05, 0.1) is 31.0 Å². The van der Waals surface area contributed by atoms with E-state index in [-0.39, 0.29) is 5.97 Å². The van der Waals surface area contributed by atoms with Gasteiger partial charge >= 0.3 is 5.97 Å². The fraction of sp³-hybridized carbons (Fsp3) is 0.333. The third kappa shape index (κ3) is 3.06. The summed E-state index contributed by atoms with van der Waals surface area (Å²) in [6.07, 6.45) is 5.42. The van der Waals surface area contributed by atoms with Crippen LogP contribution in [0.3, 0.4) is 0 Å². The van der Waals surface area contributed by atoms with Crippen LogP contribution in [0.2, 0.25) is 5.15 Å². The molecule has 0 saturated carbocycles. The molecule has 0 unspecified atom stereocenters. The molecule has 4 rings (SSSR count). The number of esters is 1. The number of carbonyl (C=O) groups excluding carboxylic acids is 1. The molecule has 1 aromatic carbocycles. The maximum atomic E-state index is 12.5. The Hall–Kier alpha value is -2.53. The average molecular weight is 385 g/mol. The number of rotatable bonds is 3. The van der Waals surface area contributed by atoms with Gasteiger partial charge in [-0.2, -0.15) is 0 Å². The summed E-state index contributed by atoms with van der Waals surface area (Å²) in [5.74, 6) is 0.0962. The molecular weight excluding hydrogens is 364 g/mol. The van der Waals surface area contributed by atoms with Crippen molar-refractivity contribution in [2.75, 3.05) is 14.2 Å². The summed E-state index contributed by atoms with van der Waals surface area (Å²) in [6.45, 7) is 0. The number of ether oxygens (including phenoxy) is 2. The number of pyridine rings is 1. The van der Waals surface area contributed by atoms with Crippen LogP contribution in [0.1, 0.15) is 40.9 Å². The molecule has 0 bridgehead atoms. The van der Waals surface area contributed by atoms with Crippen LogP contribution < -0.4 is 4.74 Å². The number of hydrogen-bond acceptors (Lipinski definition) is 4. The second-order valence-electron chi connectivity index (χ2n) is 6.71. The lowest BCUT2D eigenvalue weighted by Gasteiger charge is -2.14. The lowest BCUT2D eigenvalue weighted by Crippen LogP contribution is -2.07. The molecule has 1 aliphatic rings. The molecule has 6 heteroatoms. The van der Waals surface area contributed by atoms with Gasteiger partial charge in [0.15, 0.2) is 0 Å². The van der Waals surface area contributed by atoms with E-state index in [0.717, 1.165) is 42.3 Å². The minimum Gasteiger partial charge on any atom is -0.481 e. The van der Waals surface area contributed by atoms with Crippen molar-refractivity contribution in [3.8, 4) is 11.6 Å². The van der Waals surface area contributed by atoms with E-state index in [1.807, 2.05) is 24.3 Å². The van der Waals surface area contributed by atoms with Crippen molar-refractivity contribution in [3.05, 3.63) is 52.3 Å². The van der Waals surface area contributed by atoms with E-state index in [1.54, 1.807) is 7.11 Å². The third-order valence-corrected chi connectivity index (χ3v) is 5.36. The van der Waals surface area contributed by atoms with E-state index in [9.17, 15) is 4.79 Å². The van der Waals surface area contributed by atoms with E-state index < -0.39 is 0 Å². The number of benzene rings is 1. The number of aryl methyl sites for hydroxylation is 1. The van der Waals surface area contributed by atoms with Crippen LogP contribution in [-0.2, 0) is 17.6 Å². The van der Waals surface area contributed by atoms with Crippen LogP contribution in [0.4, 0.5) is 0 Å². The molecule has 0 saturated heterocycles. The second kappa shape index (κ2) is 7.24. The molecule has 3 aromatic rings. The van der Waals surface area contributed by atoms with Gasteiger partial charge in [0.1, 0.15) is 5.15 Å². The van der Waals surface area contributed by atoms with Crippen LogP contribution in [0.5, 0.6) is 5.88 Å². The Morgan fingerprint density at radius 3 is 2.74 bits per heavy atom. The first-order valence-corrected chi connectivity index (χ1v) is 9.47. The van der Waals surface area contributed by atoms with E-state index in [2.05, 4.69) is 15.6 Å². The highest BCUT2D eigenvalue weighted by molar-refractivity contribution is 6.29. The van der Waals surface area contributed by atoms with Crippen molar-refractivity contribution < 1.29 is 14.3 Å². The summed E-state index contributed by atoms with van der Waals surface area (Å²) in [6, 6.07) is 9.48. The summed E-state index contributed by atoms with van der Waals surface area (Å²) in [7, 11) is 2.97. The number of nitrogens with zero attached hydrogens (tertiary/aromatic N) is 2. The number of fused-ring (bicyclic) bond motifs is 3. The van der Waals surface area contributed by atoms with Gasteiger partial charge in [-0.05, 0) is 43.4 Å². The number of halogens is 1. The largest absolute Gasteiger partial charge is 0.481 e. The van der Waals surface area contributed by atoms with Crippen LogP contribution in [-0.4, -0.2) is 29.7 Å². The second-order valence-corrected chi connectivity index (χ2v) is 7.09. The molecule has 0 aliphatic heterocycles. The molecule has 0 atom stereocenters. The Morgan fingerprint density at radius 1 is 1.15 bits per heavy atom. The monoisotopic (exact) mass is 384 g/mol. The molecular formula is C21H21ClN2O3. The quantitative estimate of drug-likeness (QED) is 0.371. The van der Waals surface area contributed by atoms with Crippen LogP contribution in [0.25, 0.3) is 16.6 Å². The maximum absolute atomic E-state index is 12.5. The molecule has 5 nitrogen and oxygen atoms in total. The molecule has 0 spiro atoms. The van der Waals surface area contributed by atoms with Crippen LogP contribution >= 0.6 is 11.6 Å². The molecule has 1 aliphatic carbocycles. The highest BCUT2D eigenvalue weighted by Gasteiger charge is 2.24. The van der Waals surface area contributed by atoms with Crippen LogP contribution in [0, 0.1) is 0 Å². The van der Waals surface area contributed by atoms with Crippen molar-refractivity contribution in [1.29, 1.82) is 0 Å². The van der Waals surface area contributed by atoms with Gasteiger partial charge in [0.2, 0.25) is 5.88 Å². The van der Waals surface area contributed by atoms with Crippen molar-refractivity contribution in [2.45, 2.75) is 32.1 Å². The Kier molecular flexibility index (Phi) is 4.79. The SMILES string of the molecule is COC(=O)c1cccc2c3c(n(-c4cc(Cl)nc(OC)c4)c12)CCCCC3. The van der Waals surface area contributed by atoms with Crippen molar-refractivity contribution in [2.24, 2.45) is 0 Å². The van der Waals surface area contributed by atoms with Crippen molar-refractivity contribution in [3.63, 3.8) is 0 Å². The summed E-state index contributed by atoms with van der Waals surface area (Å²) in [4.78, 5) is 16.7. The first-order chi connectivity index (χ1) is 13.1. The predicted octanol–water partition coefficient (Wildman–Crippen LogP) is 4.74. The molecule has 0 fully saturated rings. The minimum absolute atomic E-state index is 0.346. The molecule has 2 heterocycles. The first kappa shape index (κ1) is 17.9. The number of methoxy groups -OCH3 is 2. The normalized spacial score (nSPS) is 13.9. The Bertz CT molecular complexity index is 1030. The van der Waals surface area contributed by atoms with Gasteiger partial charge in [-0.1, -0.05) is 30.2 Å². The van der Waals surface area contributed by atoms with Crippen molar-refractivity contribution >= 4 is 28.5 Å². The van der Waals surface area contributed by atoms with E-state index in [4.69, 9.17) is 21.1 Å². The van der Waals surface area contributed by atoms with Gasteiger partial charge in [0, 0.05) is 17.1 Å². The lowest BCUT2D eigenvalue weighted by molar-refractivity contribution is 0.0602. The van der Waals surface area contributed by atoms with E-state index in [0.29, 0.717) is 16.6 Å². The maximum Gasteiger partial charge on any atom is 0.340 e. The number of aromatic nitrogens is 2. The van der Waals surface area contributed by atoms with Gasteiger partial charge < -0.3 is 14.0 Å². The summed E-state index contributed by atoms with van der Waals surface area (Å²) >= 11 is 6.25.